The second-order valence-corrected chi connectivity index (χ2v) is 8.48. The van der Waals surface area contributed by atoms with Crippen LogP contribution in [0.3, 0.4) is 0 Å². The van der Waals surface area contributed by atoms with Crippen molar-refractivity contribution in [3.63, 3.8) is 0 Å². The molecule has 3 aromatic rings. The third-order valence-corrected chi connectivity index (χ3v) is 5.44. The van der Waals surface area contributed by atoms with Crippen LogP contribution in [0.1, 0.15) is 11.1 Å². The van der Waals surface area contributed by atoms with Gasteiger partial charge in [0.1, 0.15) is 10.0 Å². The van der Waals surface area contributed by atoms with Gasteiger partial charge in [-0.3, -0.25) is 20.2 Å². The van der Waals surface area contributed by atoms with E-state index in [1.165, 1.54) is 36.7 Å². The lowest BCUT2D eigenvalue weighted by Gasteiger charge is -2.07. The van der Waals surface area contributed by atoms with Crippen molar-refractivity contribution in [1.82, 2.24) is 0 Å². The molecule has 0 fully saturated rings. The Morgan fingerprint density at radius 1 is 0.722 bits per heavy atom. The van der Waals surface area contributed by atoms with Crippen molar-refractivity contribution in [2.45, 2.75) is 0 Å². The monoisotopic (exact) mass is 560 g/mol. The van der Waals surface area contributed by atoms with E-state index in [0.29, 0.717) is 22.5 Å². The van der Waals surface area contributed by atoms with Gasteiger partial charge in [-0.25, -0.2) is 9.98 Å². The van der Waals surface area contributed by atoms with Crippen molar-refractivity contribution >= 4 is 93.0 Å². The van der Waals surface area contributed by atoms with Crippen LogP contribution >= 0.6 is 47.6 Å². The molecule has 2 N–H and O–H groups in total. The number of nitrogens with zero attached hydrogens (tertiary/aromatic N) is 4. The molecule has 0 atom stereocenters. The first-order valence-electron chi connectivity index (χ1n) is 9.80. The van der Waals surface area contributed by atoms with Gasteiger partial charge in [-0.2, -0.15) is 0 Å². The summed E-state index contributed by atoms with van der Waals surface area (Å²) in [6, 6.07) is 15.5. The van der Waals surface area contributed by atoms with Gasteiger partial charge in [0.25, 0.3) is 11.4 Å². The van der Waals surface area contributed by atoms with E-state index in [1.54, 1.807) is 36.4 Å². The zero-order chi connectivity index (χ0) is 26.2. The van der Waals surface area contributed by atoms with Crippen molar-refractivity contribution in [1.29, 1.82) is 0 Å². The Balaban J connectivity index is 1.56. The summed E-state index contributed by atoms with van der Waals surface area (Å²) in [6.45, 7) is 0. The lowest BCUT2D eigenvalue weighted by molar-refractivity contribution is -0.384. The molecule has 3 rings (SSSR count). The first-order chi connectivity index (χ1) is 17.1. The van der Waals surface area contributed by atoms with Crippen LogP contribution in [0.15, 0.2) is 70.6 Å². The third kappa shape index (κ3) is 7.58. The molecule has 10 nitrogen and oxygen atoms in total. The summed E-state index contributed by atoms with van der Waals surface area (Å²) >= 11 is 22.0. The minimum Gasteiger partial charge on any atom is -0.331 e. The Kier molecular flexibility index (Phi) is 9.08. The molecule has 0 bridgehead atoms. The second-order valence-electron chi connectivity index (χ2n) is 6.89. The highest BCUT2D eigenvalue weighted by Crippen LogP contribution is 2.25. The van der Waals surface area contributed by atoms with Crippen molar-refractivity contribution in [3.05, 3.63) is 102 Å². The van der Waals surface area contributed by atoms with Gasteiger partial charge in [0.2, 0.25) is 0 Å². The van der Waals surface area contributed by atoms with E-state index >= 15 is 0 Å². The van der Waals surface area contributed by atoms with Crippen LogP contribution < -0.4 is 10.6 Å². The molecule has 0 aliphatic carbocycles. The number of nitrogens with one attached hydrogen (secondary N) is 2. The van der Waals surface area contributed by atoms with E-state index < -0.39 is 9.85 Å². The van der Waals surface area contributed by atoms with Crippen molar-refractivity contribution in [2.24, 2.45) is 9.98 Å². The summed E-state index contributed by atoms with van der Waals surface area (Å²) in [4.78, 5) is 29.0. The Morgan fingerprint density at radius 2 is 1.08 bits per heavy atom. The van der Waals surface area contributed by atoms with Gasteiger partial charge in [-0.05, 0) is 72.0 Å². The Labute approximate surface area is 225 Å². The van der Waals surface area contributed by atoms with E-state index in [9.17, 15) is 20.2 Å². The summed E-state index contributed by atoms with van der Waals surface area (Å²) in [7, 11) is 0. The van der Waals surface area contributed by atoms with Crippen molar-refractivity contribution in [2.75, 3.05) is 10.6 Å². The highest BCUT2D eigenvalue weighted by atomic mass is 35.5. The summed E-state index contributed by atoms with van der Waals surface area (Å²) < 4.78 is 0. The van der Waals surface area contributed by atoms with Crippen molar-refractivity contribution < 1.29 is 9.85 Å². The van der Waals surface area contributed by atoms with Gasteiger partial charge in [-0.15, -0.1) is 0 Å². The number of anilines is 2. The van der Waals surface area contributed by atoms with E-state index in [4.69, 9.17) is 47.6 Å². The fraction of sp³-hybridized carbons (Fsp3) is 0. The molecule has 0 spiro atoms. The molecular formula is C22H14Cl2N6O4S2. The van der Waals surface area contributed by atoms with Crippen LogP contribution in [0.5, 0.6) is 0 Å². The molecule has 3 aromatic carbocycles. The largest absolute Gasteiger partial charge is 0.331 e. The maximum atomic E-state index is 11.0. The number of hydrogen-bond acceptors (Lipinski definition) is 6. The average molecular weight is 561 g/mol. The summed E-state index contributed by atoms with van der Waals surface area (Å²) in [5, 5.41) is 28.2. The molecular weight excluding hydrogens is 547 g/mol. The van der Waals surface area contributed by atoms with E-state index in [1.807, 2.05) is 0 Å². The highest BCUT2D eigenvalue weighted by Gasteiger charge is 2.13. The zero-order valence-electron chi connectivity index (χ0n) is 17.9. The molecule has 36 heavy (non-hydrogen) atoms. The lowest BCUT2D eigenvalue weighted by Crippen LogP contribution is -2.08. The number of thiocarbonyl (C=S) groups is 2. The SMILES string of the molecule is O=[N+]([O-])c1cc(/C=N/C(=S)Nc2ccc(NC(=S)/N=C/c3ccc(Cl)c([N+](=O)[O-])c3)cc2)ccc1Cl. The summed E-state index contributed by atoms with van der Waals surface area (Å²) in [5.74, 6) is 0. The van der Waals surface area contributed by atoms with Gasteiger partial charge < -0.3 is 10.6 Å². The summed E-state index contributed by atoms with van der Waals surface area (Å²) in [6.07, 6.45) is 2.78. The number of halogens is 2. The Hall–Kier alpha value is -3.84. The van der Waals surface area contributed by atoms with E-state index in [2.05, 4.69) is 20.6 Å². The molecule has 182 valence electrons. The minimum atomic E-state index is -0.577. The molecule has 0 heterocycles. The van der Waals surface area contributed by atoms with Crippen LogP contribution in [0.25, 0.3) is 0 Å². The number of benzene rings is 3. The maximum absolute atomic E-state index is 11.0. The summed E-state index contributed by atoms with van der Waals surface area (Å²) in [5.41, 5.74) is 1.79. The number of aliphatic imine (C=N–C) groups is 2. The third-order valence-electron chi connectivity index (χ3n) is 4.38. The van der Waals surface area contributed by atoms with Crippen LogP contribution in [0, 0.1) is 20.2 Å². The molecule has 0 aliphatic rings. The minimum absolute atomic E-state index is 0.0330. The molecule has 0 aromatic heterocycles. The average Bonchev–Trinajstić information content (AvgIpc) is 2.84. The molecule has 0 saturated heterocycles. The fourth-order valence-corrected chi connectivity index (χ4v) is 3.43. The molecule has 0 amide bonds. The highest BCUT2D eigenvalue weighted by molar-refractivity contribution is 7.80. The normalized spacial score (nSPS) is 10.9. The van der Waals surface area contributed by atoms with Gasteiger partial charge >= 0.3 is 0 Å². The van der Waals surface area contributed by atoms with E-state index in [0.717, 1.165) is 0 Å². The van der Waals surface area contributed by atoms with Crippen LogP contribution in [0.4, 0.5) is 22.7 Å². The maximum Gasteiger partial charge on any atom is 0.288 e. The number of hydrogen-bond donors (Lipinski definition) is 2. The predicted molar refractivity (Wildman–Crippen MR) is 150 cm³/mol. The van der Waals surface area contributed by atoms with Gasteiger partial charge in [0.15, 0.2) is 10.2 Å². The number of rotatable bonds is 6. The van der Waals surface area contributed by atoms with Crippen LogP contribution in [-0.4, -0.2) is 32.5 Å². The molecule has 0 radical (unpaired) electrons. The van der Waals surface area contributed by atoms with E-state index in [-0.39, 0.29) is 31.6 Å². The van der Waals surface area contributed by atoms with Crippen molar-refractivity contribution in [3.8, 4) is 0 Å². The first kappa shape index (κ1) is 26.8. The second kappa shape index (κ2) is 12.2. The first-order valence-corrected chi connectivity index (χ1v) is 11.4. The zero-order valence-corrected chi connectivity index (χ0v) is 21.1. The fourth-order valence-electron chi connectivity index (χ4n) is 2.71. The smallest absolute Gasteiger partial charge is 0.288 e. The molecule has 0 unspecified atom stereocenters. The Morgan fingerprint density at radius 3 is 1.42 bits per heavy atom. The Bertz CT molecular complexity index is 1310. The lowest BCUT2D eigenvalue weighted by atomic mass is 10.2. The molecule has 0 saturated carbocycles. The number of nitro groups is 2. The standard InChI is InChI=1S/C22H14Cl2N6O4S2/c23-17-7-1-13(9-19(17)29(31)32)11-25-21(35)27-15-3-5-16(6-4-15)28-22(36)26-12-14-2-8-18(24)20(10-14)30(33)34/h1-12H,(H,27,35)(H,28,36)/b25-11+,26-12+. The number of nitro benzene ring substituents is 2. The molecule has 14 heteroatoms. The quantitative estimate of drug-likeness (QED) is 0.152. The van der Waals surface area contributed by atoms with Gasteiger partial charge in [0.05, 0.1) is 9.85 Å². The van der Waals surface area contributed by atoms with Gasteiger partial charge in [-0.1, -0.05) is 35.3 Å². The molecule has 0 aliphatic heterocycles. The predicted octanol–water partition coefficient (Wildman–Crippen LogP) is 6.44. The van der Waals surface area contributed by atoms with Crippen LogP contribution in [0.2, 0.25) is 10.0 Å². The van der Waals surface area contributed by atoms with Crippen LogP contribution in [-0.2, 0) is 0 Å². The topological polar surface area (TPSA) is 135 Å². The van der Waals surface area contributed by atoms with Gasteiger partial charge in [0, 0.05) is 35.9 Å².